The van der Waals surface area contributed by atoms with Crippen LogP contribution in [0.2, 0.25) is 5.02 Å². The van der Waals surface area contributed by atoms with Gasteiger partial charge in [-0.05, 0) is 32.6 Å². The Hall–Kier alpha value is -1.69. The highest BCUT2D eigenvalue weighted by atomic mass is 35.5. The number of hydrogen-bond donors (Lipinski definition) is 0. The first-order valence-corrected chi connectivity index (χ1v) is 8.53. The molecule has 1 aromatic heterocycles. The highest BCUT2D eigenvalue weighted by Gasteiger charge is 2.25. The normalized spacial score (nSPS) is 18.3. The Balaban J connectivity index is 1.74. The highest BCUT2D eigenvalue weighted by molar-refractivity contribution is 6.35. The lowest BCUT2D eigenvalue weighted by atomic mass is 10.1. The van der Waals surface area contributed by atoms with Crippen molar-refractivity contribution < 1.29 is 9.53 Å². The quantitative estimate of drug-likeness (QED) is 0.853. The molecule has 128 valence electrons. The summed E-state index contributed by atoms with van der Waals surface area (Å²) in [6.45, 7) is 2.71. The van der Waals surface area contributed by atoms with Crippen LogP contribution in [0.1, 0.15) is 16.9 Å². The van der Waals surface area contributed by atoms with E-state index in [2.05, 4.69) is 9.88 Å². The summed E-state index contributed by atoms with van der Waals surface area (Å²) in [5.74, 6) is -0.0602. The third-order valence-electron chi connectivity index (χ3n) is 4.21. The van der Waals surface area contributed by atoms with Crippen molar-refractivity contribution in [2.45, 2.75) is 12.5 Å². The molecule has 6 heteroatoms. The number of ether oxygens (including phenoxy) is 1. The molecule has 1 amide bonds. The summed E-state index contributed by atoms with van der Waals surface area (Å²) < 4.78 is 5.77. The fourth-order valence-electron chi connectivity index (χ4n) is 2.87. The van der Waals surface area contributed by atoms with E-state index in [4.69, 9.17) is 16.3 Å². The number of fused-ring (bicyclic) bond motifs is 1. The Labute approximate surface area is 147 Å². The van der Waals surface area contributed by atoms with Crippen molar-refractivity contribution in [3.63, 3.8) is 0 Å². The van der Waals surface area contributed by atoms with E-state index in [9.17, 15) is 4.79 Å². The summed E-state index contributed by atoms with van der Waals surface area (Å²) >= 11 is 6.20. The first-order chi connectivity index (χ1) is 11.5. The molecule has 24 heavy (non-hydrogen) atoms. The predicted octanol–water partition coefficient (Wildman–Crippen LogP) is 2.68. The lowest BCUT2D eigenvalue weighted by molar-refractivity contribution is -0.0271. The number of carbonyl (C=O) groups is 1. The fourth-order valence-corrected chi connectivity index (χ4v) is 3.10. The molecule has 0 N–H and O–H groups in total. The van der Waals surface area contributed by atoms with Gasteiger partial charge in [-0.3, -0.25) is 4.79 Å². The van der Waals surface area contributed by atoms with Gasteiger partial charge in [0.15, 0.2) is 0 Å². The summed E-state index contributed by atoms with van der Waals surface area (Å²) in [4.78, 5) is 21.2. The molecule has 1 aliphatic heterocycles. The van der Waals surface area contributed by atoms with E-state index in [1.165, 1.54) is 0 Å². The van der Waals surface area contributed by atoms with Crippen LogP contribution in [-0.4, -0.2) is 67.1 Å². The van der Waals surface area contributed by atoms with E-state index in [0.717, 1.165) is 18.4 Å². The number of pyridine rings is 1. The van der Waals surface area contributed by atoms with Crippen LogP contribution in [0.15, 0.2) is 30.3 Å². The summed E-state index contributed by atoms with van der Waals surface area (Å²) in [6, 6.07) is 9.27. The number of amides is 1. The van der Waals surface area contributed by atoms with Gasteiger partial charge in [0.05, 0.1) is 23.3 Å². The number of benzene rings is 1. The van der Waals surface area contributed by atoms with Crippen LogP contribution in [0.3, 0.4) is 0 Å². The van der Waals surface area contributed by atoms with E-state index >= 15 is 0 Å². The maximum absolute atomic E-state index is 12.8. The van der Waals surface area contributed by atoms with Crippen molar-refractivity contribution in [2.75, 3.05) is 40.3 Å². The number of carbonyl (C=O) groups excluding carboxylic acids is 1. The van der Waals surface area contributed by atoms with Crippen LogP contribution < -0.4 is 0 Å². The molecule has 0 unspecified atom stereocenters. The molecule has 1 aliphatic rings. The number of rotatable bonds is 4. The number of halogens is 1. The third kappa shape index (κ3) is 3.86. The predicted molar refractivity (Wildman–Crippen MR) is 95.6 cm³/mol. The standard InChI is InChI=1S/C18H22ClN3O2/c1-21(2)9-8-14-12-22(10-11-24-14)18(23)16-7-6-13-4-3-5-15(19)17(13)20-16/h3-7,14H,8-12H2,1-2H3/t14-/m0/s1. The van der Waals surface area contributed by atoms with Gasteiger partial charge >= 0.3 is 0 Å². The van der Waals surface area contributed by atoms with Gasteiger partial charge in [0.25, 0.3) is 5.91 Å². The van der Waals surface area contributed by atoms with Crippen LogP contribution in [0.4, 0.5) is 0 Å². The van der Waals surface area contributed by atoms with Gasteiger partial charge in [-0.2, -0.15) is 0 Å². The van der Waals surface area contributed by atoms with Crippen LogP contribution in [0.25, 0.3) is 10.9 Å². The SMILES string of the molecule is CN(C)CC[C@H]1CN(C(=O)c2ccc3cccc(Cl)c3n2)CCO1. The molecular weight excluding hydrogens is 326 g/mol. The van der Waals surface area contributed by atoms with Gasteiger partial charge < -0.3 is 14.5 Å². The molecule has 0 spiro atoms. The second-order valence-electron chi connectivity index (χ2n) is 6.34. The molecule has 1 aromatic carbocycles. The van der Waals surface area contributed by atoms with E-state index in [1.807, 2.05) is 37.2 Å². The molecule has 1 saturated heterocycles. The molecule has 2 aromatic rings. The first-order valence-electron chi connectivity index (χ1n) is 8.15. The zero-order valence-corrected chi connectivity index (χ0v) is 14.8. The Morgan fingerprint density at radius 2 is 2.21 bits per heavy atom. The minimum Gasteiger partial charge on any atom is -0.374 e. The molecule has 5 nitrogen and oxygen atoms in total. The summed E-state index contributed by atoms with van der Waals surface area (Å²) in [6.07, 6.45) is 0.988. The minimum atomic E-state index is -0.0602. The molecular formula is C18H22ClN3O2. The van der Waals surface area contributed by atoms with Crippen LogP contribution in [0.5, 0.6) is 0 Å². The maximum Gasteiger partial charge on any atom is 0.272 e. The number of aromatic nitrogens is 1. The number of para-hydroxylation sites is 1. The molecule has 0 radical (unpaired) electrons. The van der Waals surface area contributed by atoms with Gasteiger partial charge in [0, 0.05) is 25.0 Å². The van der Waals surface area contributed by atoms with Crippen molar-refractivity contribution in [2.24, 2.45) is 0 Å². The first kappa shape index (κ1) is 17.1. The lowest BCUT2D eigenvalue weighted by Gasteiger charge is -2.33. The van der Waals surface area contributed by atoms with Gasteiger partial charge in [0.2, 0.25) is 0 Å². The molecule has 2 heterocycles. The lowest BCUT2D eigenvalue weighted by Crippen LogP contribution is -2.46. The highest BCUT2D eigenvalue weighted by Crippen LogP contribution is 2.22. The number of hydrogen-bond acceptors (Lipinski definition) is 4. The summed E-state index contributed by atoms with van der Waals surface area (Å²) in [5.41, 5.74) is 1.10. The monoisotopic (exact) mass is 347 g/mol. The van der Waals surface area contributed by atoms with Crippen LogP contribution in [0, 0.1) is 0 Å². The van der Waals surface area contributed by atoms with Crippen molar-refractivity contribution >= 4 is 28.4 Å². The second-order valence-corrected chi connectivity index (χ2v) is 6.75. The average molecular weight is 348 g/mol. The number of morpholine rings is 1. The van der Waals surface area contributed by atoms with Gasteiger partial charge in [0.1, 0.15) is 5.69 Å². The Bertz CT molecular complexity index is 735. The van der Waals surface area contributed by atoms with Crippen molar-refractivity contribution in [3.8, 4) is 0 Å². The topological polar surface area (TPSA) is 45.7 Å². The Kier molecular flexibility index (Phi) is 5.33. The summed E-state index contributed by atoms with van der Waals surface area (Å²) in [7, 11) is 4.07. The minimum absolute atomic E-state index is 0.0602. The fraction of sp³-hybridized carbons (Fsp3) is 0.444. The van der Waals surface area contributed by atoms with Crippen molar-refractivity contribution in [1.82, 2.24) is 14.8 Å². The zero-order chi connectivity index (χ0) is 17.1. The van der Waals surface area contributed by atoms with Crippen molar-refractivity contribution in [1.29, 1.82) is 0 Å². The molecule has 1 fully saturated rings. The smallest absolute Gasteiger partial charge is 0.272 e. The number of nitrogens with zero attached hydrogens (tertiary/aromatic N) is 3. The van der Waals surface area contributed by atoms with Crippen LogP contribution >= 0.6 is 11.6 Å². The largest absolute Gasteiger partial charge is 0.374 e. The zero-order valence-electron chi connectivity index (χ0n) is 14.0. The van der Waals surface area contributed by atoms with Crippen molar-refractivity contribution in [3.05, 3.63) is 41.0 Å². The van der Waals surface area contributed by atoms with Crippen LogP contribution in [-0.2, 0) is 4.74 Å². The summed E-state index contributed by atoms with van der Waals surface area (Å²) in [5, 5.41) is 1.50. The van der Waals surface area contributed by atoms with E-state index in [0.29, 0.717) is 35.9 Å². The molecule has 0 saturated carbocycles. The Morgan fingerprint density at radius 1 is 1.38 bits per heavy atom. The second kappa shape index (κ2) is 7.47. The van der Waals surface area contributed by atoms with Gasteiger partial charge in [-0.1, -0.05) is 29.8 Å². The molecule has 3 rings (SSSR count). The van der Waals surface area contributed by atoms with E-state index in [1.54, 1.807) is 12.1 Å². The van der Waals surface area contributed by atoms with Gasteiger partial charge in [-0.25, -0.2) is 4.98 Å². The molecule has 1 atom stereocenters. The average Bonchev–Trinajstić information content (AvgIpc) is 2.60. The van der Waals surface area contributed by atoms with Gasteiger partial charge in [-0.15, -0.1) is 0 Å². The third-order valence-corrected chi connectivity index (χ3v) is 4.52. The molecule has 0 bridgehead atoms. The maximum atomic E-state index is 12.8. The van der Waals surface area contributed by atoms with E-state index in [-0.39, 0.29) is 12.0 Å². The Morgan fingerprint density at radius 3 is 3.00 bits per heavy atom. The van der Waals surface area contributed by atoms with E-state index < -0.39 is 0 Å². The molecule has 0 aliphatic carbocycles.